The molecule has 1 aliphatic rings. The maximum atomic E-state index is 13.7. The van der Waals surface area contributed by atoms with Gasteiger partial charge in [-0.2, -0.15) is 5.10 Å². The summed E-state index contributed by atoms with van der Waals surface area (Å²) in [6, 6.07) is 24.1. The van der Waals surface area contributed by atoms with E-state index in [1.54, 1.807) is 9.58 Å². The monoisotopic (exact) mass is 450 g/mol. The summed E-state index contributed by atoms with van der Waals surface area (Å²) in [5.74, 6) is -0.814. The van der Waals surface area contributed by atoms with Gasteiger partial charge in [0.1, 0.15) is 5.69 Å². The van der Waals surface area contributed by atoms with Gasteiger partial charge < -0.3 is 10.6 Å². The Labute approximate surface area is 198 Å². The minimum absolute atomic E-state index is 0.162. The van der Waals surface area contributed by atoms with Crippen molar-refractivity contribution in [3.63, 3.8) is 0 Å². The Morgan fingerprint density at radius 3 is 2.32 bits per heavy atom. The second-order valence-corrected chi connectivity index (χ2v) is 8.55. The number of rotatable bonds is 5. The normalized spacial score (nSPS) is 13.1. The molecule has 0 aliphatic carbocycles. The number of anilines is 1. The molecule has 0 radical (unpaired) electrons. The first-order chi connectivity index (χ1) is 16.5. The van der Waals surface area contributed by atoms with Crippen LogP contribution in [0.1, 0.15) is 44.6 Å². The van der Waals surface area contributed by atoms with Gasteiger partial charge in [0.15, 0.2) is 5.69 Å². The molecule has 2 heterocycles. The van der Waals surface area contributed by atoms with Crippen molar-refractivity contribution in [2.45, 2.75) is 26.7 Å². The highest BCUT2D eigenvalue weighted by Gasteiger charge is 2.34. The largest absolute Gasteiger partial charge is 0.364 e. The summed E-state index contributed by atoms with van der Waals surface area (Å²) in [5.41, 5.74) is 13.0. The van der Waals surface area contributed by atoms with Crippen molar-refractivity contribution < 1.29 is 9.59 Å². The summed E-state index contributed by atoms with van der Waals surface area (Å²) in [6.45, 7) is 4.60. The Kier molecular flexibility index (Phi) is 5.49. The number of nitrogens with two attached hydrogens (primary N) is 1. The Hall–Kier alpha value is -4.19. The fourth-order valence-electron chi connectivity index (χ4n) is 4.61. The van der Waals surface area contributed by atoms with E-state index in [9.17, 15) is 9.59 Å². The molecule has 0 saturated carbocycles. The zero-order chi connectivity index (χ0) is 23.8. The molecular weight excluding hydrogens is 424 g/mol. The predicted octanol–water partition coefficient (Wildman–Crippen LogP) is 4.71. The lowest BCUT2D eigenvalue weighted by Crippen LogP contribution is -2.39. The first-order valence-corrected chi connectivity index (χ1v) is 11.5. The molecule has 170 valence electrons. The highest BCUT2D eigenvalue weighted by atomic mass is 16.2. The molecule has 0 spiro atoms. The molecule has 2 amide bonds. The lowest BCUT2D eigenvalue weighted by Gasteiger charge is -2.28. The highest BCUT2D eigenvalue weighted by Crippen LogP contribution is 2.31. The first-order valence-electron chi connectivity index (χ1n) is 11.5. The standard InChI is InChI=1S/C28H26N4O2/c1-3-19-6-4-5-7-23(19)20-10-14-21(15-11-20)31-17-16-24-25(27(29)33)30-32(26(24)28(31)34)22-12-8-18(2)9-13-22/h4-15H,3,16-17H2,1-2H3,(H2,29,33). The van der Waals surface area contributed by atoms with Crippen molar-refractivity contribution in [1.82, 2.24) is 9.78 Å². The Morgan fingerprint density at radius 1 is 0.971 bits per heavy atom. The number of benzene rings is 3. The van der Waals surface area contributed by atoms with E-state index in [0.29, 0.717) is 24.2 Å². The Morgan fingerprint density at radius 2 is 1.65 bits per heavy atom. The summed E-state index contributed by atoms with van der Waals surface area (Å²) < 4.78 is 1.55. The van der Waals surface area contributed by atoms with E-state index >= 15 is 0 Å². The number of fused-ring (bicyclic) bond motifs is 1. The maximum Gasteiger partial charge on any atom is 0.277 e. The number of carbonyl (C=O) groups is 2. The summed E-state index contributed by atoms with van der Waals surface area (Å²) >= 11 is 0. The van der Waals surface area contributed by atoms with Gasteiger partial charge in [-0.05, 0) is 60.7 Å². The van der Waals surface area contributed by atoms with Crippen LogP contribution >= 0.6 is 0 Å². The quantitative estimate of drug-likeness (QED) is 0.478. The van der Waals surface area contributed by atoms with Gasteiger partial charge >= 0.3 is 0 Å². The second-order valence-electron chi connectivity index (χ2n) is 8.55. The van der Waals surface area contributed by atoms with Crippen molar-refractivity contribution in [2.75, 3.05) is 11.4 Å². The summed E-state index contributed by atoms with van der Waals surface area (Å²) in [7, 11) is 0. The third-order valence-electron chi connectivity index (χ3n) is 6.42. The van der Waals surface area contributed by atoms with E-state index in [1.807, 2.05) is 49.4 Å². The van der Waals surface area contributed by atoms with Gasteiger partial charge in [0.2, 0.25) is 0 Å². The molecule has 3 aromatic carbocycles. The second kappa shape index (κ2) is 8.63. The lowest BCUT2D eigenvalue weighted by atomic mass is 9.97. The van der Waals surface area contributed by atoms with Crippen LogP contribution in [0.3, 0.4) is 0 Å². The number of primary amides is 1. The average molecular weight is 451 g/mol. The molecule has 0 bridgehead atoms. The maximum absolute atomic E-state index is 13.7. The van der Waals surface area contributed by atoms with Crippen LogP contribution in [0, 0.1) is 6.92 Å². The number of hydrogen-bond donors (Lipinski definition) is 1. The van der Waals surface area contributed by atoms with Gasteiger partial charge in [-0.1, -0.05) is 61.0 Å². The minimum atomic E-state index is -0.623. The van der Waals surface area contributed by atoms with E-state index in [0.717, 1.165) is 28.9 Å². The van der Waals surface area contributed by atoms with E-state index < -0.39 is 5.91 Å². The molecule has 0 atom stereocenters. The summed E-state index contributed by atoms with van der Waals surface area (Å²) in [5, 5.41) is 4.44. The van der Waals surface area contributed by atoms with Crippen molar-refractivity contribution in [3.05, 3.63) is 101 Å². The zero-order valence-electron chi connectivity index (χ0n) is 19.3. The number of nitrogens with zero attached hydrogens (tertiary/aromatic N) is 3. The van der Waals surface area contributed by atoms with Crippen LogP contribution in [0.4, 0.5) is 5.69 Å². The fourth-order valence-corrected chi connectivity index (χ4v) is 4.61. The van der Waals surface area contributed by atoms with Gasteiger partial charge in [-0.25, -0.2) is 4.68 Å². The number of amides is 2. The fraction of sp³-hybridized carbons (Fsp3) is 0.179. The van der Waals surface area contributed by atoms with Crippen LogP contribution in [0.5, 0.6) is 0 Å². The van der Waals surface area contributed by atoms with E-state index in [-0.39, 0.29) is 11.6 Å². The van der Waals surface area contributed by atoms with Gasteiger partial charge in [0, 0.05) is 17.8 Å². The van der Waals surface area contributed by atoms with Crippen molar-refractivity contribution in [1.29, 1.82) is 0 Å². The number of hydrogen-bond acceptors (Lipinski definition) is 3. The molecule has 34 heavy (non-hydrogen) atoms. The molecule has 0 fully saturated rings. The molecule has 6 nitrogen and oxygen atoms in total. The molecule has 1 aliphatic heterocycles. The van der Waals surface area contributed by atoms with Crippen molar-refractivity contribution in [3.8, 4) is 16.8 Å². The van der Waals surface area contributed by atoms with Crippen molar-refractivity contribution >= 4 is 17.5 Å². The number of aryl methyl sites for hydroxylation is 2. The van der Waals surface area contributed by atoms with Gasteiger partial charge in [-0.3, -0.25) is 9.59 Å². The highest BCUT2D eigenvalue weighted by molar-refractivity contribution is 6.09. The third kappa shape index (κ3) is 3.67. The molecular formula is C28H26N4O2. The summed E-state index contributed by atoms with van der Waals surface area (Å²) in [4.78, 5) is 27.5. The van der Waals surface area contributed by atoms with E-state index in [4.69, 9.17) is 5.73 Å². The van der Waals surface area contributed by atoms with Crippen LogP contribution in [0.25, 0.3) is 16.8 Å². The van der Waals surface area contributed by atoms with Crippen LogP contribution in [0.2, 0.25) is 0 Å². The minimum Gasteiger partial charge on any atom is -0.364 e. The van der Waals surface area contributed by atoms with Crippen LogP contribution in [-0.4, -0.2) is 28.1 Å². The molecule has 2 N–H and O–H groups in total. The molecule has 1 aromatic heterocycles. The smallest absolute Gasteiger partial charge is 0.277 e. The molecule has 6 heteroatoms. The Bertz CT molecular complexity index is 1390. The Balaban J connectivity index is 1.53. The number of carbonyl (C=O) groups excluding carboxylic acids is 2. The van der Waals surface area contributed by atoms with Gasteiger partial charge in [0.05, 0.1) is 5.69 Å². The molecule has 0 unspecified atom stereocenters. The topological polar surface area (TPSA) is 81.2 Å². The zero-order valence-corrected chi connectivity index (χ0v) is 19.3. The van der Waals surface area contributed by atoms with Crippen LogP contribution in [-0.2, 0) is 12.8 Å². The van der Waals surface area contributed by atoms with Gasteiger partial charge in [0.25, 0.3) is 11.8 Å². The lowest BCUT2D eigenvalue weighted by molar-refractivity contribution is 0.0972. The van der Waals surface area contributed by atoms with E-state index in [2.05, 4.69) is 42.4 Å². The first kappa shape index (κ1) is 21.6. The third-order valence-corrected chi connectivity index (χ3v) is 6.42. The molecule has 0 saturated heterocycles. The van der Waals surface area contributed by atoms with Gasteiger partial charge in [-0.15, -0.1) is 0 Å². The van der Waals surface area contributed by atoms with Crippen LogP contribution < -0.4 is 10.6 Å². The van der Waals surface area contributed by atoms with E-state index in [1.165, 1.54) is 11.1 Å². The predicted molar refractivity (Wildman–Crippen MR) is 133 cm³/mol. The average Bonchev–Trinajstić information content (AvgIpc) is 3.26. The number of aromatic nitrogens is 2. The molecule has 5 rings (SSSR count). The molecule has 4 aromatic rings. The summed E-state index contributed by atoms with van der Waals surface area (Å²) in [6.07, 6.45) is 1.46. The SMILES string of the molecule is CCc1ccccc1-c1ccc(N2CCc3c(C(N)=O)nn(-c4ccc(C)cc4)c3C2=O)cc1. The van der Waals surface area contributed by atoms with Crippen LogP contribution in [0.15, 0.2) is 72.8 Å². The van der Waals surface area contributed by atoms with Crippen molar-refractivity contribution in [2.24, 2.45) is 5.73 Å².